The first kappa shape index (κ1) is 15.3. The van der Waals surface area contributed by atoms with E-state index in [0.29, 0.717) is 30.0 Å². The van der Waals surface area contributed by atoms with Gasteiger partial charge in [0, 0.05) is 11.8 Å². The average Bonchev–Trinajstić information content (AvgIpc) is 3.21. The maximum Gasteiger partial charge on any atom is 0.164 e. The third kappa shape index (κ3) is 1.54. The quantitative estimate of drug-likeness (QED) is 0.687. The predicted molar refractivity (Wildman–Crippen MR) is 90.4 cm³/mol. The van der Waals surface area contributed by atoms with Crippen molar-refractivity contribution < 1.29 is 14.3 Å². The van der Waals surface area contributed by atoms with Crippen LogP contribution in [-0.4, -0.2) is 23.3 Å². The van der Waals surface area contributed by atoms with Crippen LogP contribution in [0.2, 0.25) is 0 Å². The smallest absolute Gasteiger partial charge is 0.164 e. The van der Waals surface area contributed by atoms with Crippen LogP contribution in [0, 0.1) is 28.6 Å². The van der Waals surface area contributed by atoms with E-state index in [4.69, 9.17) is 4.74 Å². The highest BCUT2D eigenvalue weighted by molar-refractivity contribution is 5.92. The number of hydrogen-bond acceptors (Lipinski definition) is 3. The van der Waals surface area contributed by atoms with Crippen molar-refractivity contribution in [1.29, 1.82) is 0 Å². The Balaban J connectivity index is 1.52. The summed E-state index contributed by atoms with van der Waals surface area (Å²) in [6.07, 6.45) is 9.53. The van der Waals surface area contributed by atoms with E-state index in [2.05, 4.69) is 13.8 Å². The molecular weight excluding hydrogens is 300 g/mol. The summed E-state index contributed by atoms with van der Waals surface area (Å²) in [6.45, 7) is 6.48. The fraction of sp³-hybridized carbons (Fsp3) is 0.810. The van der Waals surface area contributed by atoms with Gasteiger partial charge < -0.3 is 4.74 Å². The van der Waals surface area contributed by atoms with E-state index >= 15 is 0 Å². The van der Waals surface area contributed by atoms with Gasteiger partial charge in [0.2, 0.25) is 0 Å². The molecule has 4 aliphatic carbocycles. The van der Waals surface area contributed by atoms with E-state index in [0.717, 1.165) is 25.7 Å². The summed E-state index contributed by atoms with van der Waals surface area (Å²) in [4.78, 5) is 24.3. The SMILES string of the molecule is CC(=O)[C@@]12O[C@H]1C[C@H]1[C@@H]3CCC4=CC(=O)CC[C@]4(C)[C@H]3CC[C@@]12C. The van der Waals surface area contributed by atoms with Gasteiger partial charge in [0.05, 0.1) is 6.10 Å². The molecule has 130 valence electrons. The van der Waals surface area contributed by atoms with Crippen molar-refractivity contribution in [1.82, 2.24) is 0 Å². The first-order chi connectivity index (χ1) is 11.3. The highest BCUT2D eigenvalue weighted by atomic mass is 16.6. The average molecular weight is 328 g/mol. The van der Waals surface area contributed by atoms with Crippen molar-refractivity contribution in [2.45, 2.75) is 77.4 Å². The van der Waals surface area contributed by atoms with Gasteiger partial charge in [-0.25, -0.2) is 0 Å². The summed E-state index contributed by atoms with van der Waals surface area (Å²) in [5, 5.41) is 0. The van der Waals surface area contributed by atoms with Crippen LogP contribution in [0.5, 0.6) is 0 Å². The standard InChI is InChI=1S/C21H28O3/c1-12(22)21-18(24-21)11-17-15-5-4-13-10-14(23)6-8-19(13,2)16(15)7-9-20(17,21)3/h10,15-18H,4-9,11H2,1-3H3/t15-,16+,17+,18+,19+,20+,21-/m1/s1. The van der Waals surface area contributed by atoms with Gasteiger partial charge in [0.15, 0.2) is 17.2 Å². The topological polar surface area (TPSA) is 46.7 Å². The summed E-state index contributed by atoms with van der Waals surface area (Å²) in [5.74, 6) is 2.58. The highest BCUT2D eigenvalue weighted by Gasteiger charge is 2.79. The van der Waals surface area contributed by atoms with Crippen LogP contribution in [0.1, 0.15) is 65.7 Å². The second kappa shape index (κ2) is 4.41. The summed E-state index contributed by atoms with van der Waals surface area (Å²) in [5.41, 5.74) is 1.22. The molecule has 7 atom stereocenters. The predicted octanol–water partition coefficient (Wildman–Crippen LogP) is 3.85. The van der Waals surface area contributed by atoms with Crippen LogP contribution in [-0.2, 0) is 14.3 Å². The summed E-state index contributed by atoms with van der Waals surface area (Å²) >= 11 is 0. The van der Waals surface area contributed by atoms with Crippen LogP contribution < -0.4 is 0 Å². The Morgan fingerprint density at radius 3 is 2.71 bits per heavy atom. The molecule has 1 aliphatic heterocycles. The fourth-order valence-corrected chi connectivity index (χ4v) is 7.62. The Morgan fingerprint density at radius 2 is 1.96 bits per heavy atom. The van der Waals surface area contributed by atoms with Crippen molar-refractivity contribution in [2.24, 2.45) is 28.6 Å². The summed E-state index contributed by atoms with van der Waals surface area (Å²) < 4.78 is 5.99. The molecule has 0 unspecified atom stereocenters. The van der Waals surface area contributed by atoms with Crippen LogP contribution in [0.4, 0.5) is 0 Å². The number of hydrogen-bond donors (Lipinski definition) is 0. The van der Waals surface area contributed by atoms with Crippen molar-refractivity contribution in [2.75, 3.05) is 0 Å². The fourth-order valence-electron chi connectivity index (χ4n) is 7.62. The Kier molecular flexibility index (Phi) is 2.81. The summed E-state index contributed by atoms with van der Waals surface area (Å²) in [6, 6.07) is 0. The number of ketones is 2. The molecule has 0 amide bonds. The molecule has 0 N–H and O–H groups in total. The molecule has 4 fully saturated rings. The first-order valence-electron chi connectivity index (χ1n) is 9.76. The zero-order valence-electron chi connectivity index (χ0n) is 15.1. The van der Waals surface area contributed by atoms with E-state index in [1.165, 1.54) is 18.4 Å². The third-order valence-electron chi connectivity index (χ3n) is 8.92. The van der Waals surface area contributed by atoms with Gasteiger partial charge in [0.1, 0.15) is 0 Å². The maximum absolute atomic E-state index is 12.4. The molecule has 3 heteroatoms. The lowest BCUT2D eigenvalue weighted by Gasteiger charge is -2.58. The van der Waals surface area contributed by atoms with Crippen molar-refractivity contribution >= 4 is 11.6 Å². The lowest BCUT2D eigenvalue weighted by molar-refractivity contribution is -0.136. The van der Waals surface area contributed by atoms with E-state index in [9.17, 15) is 9.59 Å². The van der Waals surface area contributed by atoms with E-state index in [-0.39, 0.29) is 22.7 Å². The number of rotatable bonds is 1. The molecule has 5 aliphatic rings. The monoisotopic (exact) mass is 328 g/mol. The van der Waals surface area contributed by atoms with Crippen molar-refractivity contribution in [3.05, 3.63) is 11.6 Å². The van der Waals surface area contributed by atoms with Crippen molar-refractivity contribution in [3.8, 4) is 0 Å². The molecule has 3 saturated carbocycles. The van der Waals surface area contributed by atoms with Crippen LogP contribution in [0.3, 0.4) is 0 Å². The Labute approximate surface area is 144 Å². The molecule has 0 aromatic rings. The minimum Gasteiger partial charge on any atom is -0.357 e. The van der Waals surface area contributed by atoms with Gasteiger partial charge in [-0.05, 0) is 74.7 Å². The zero-order chi connectivity index (χ0) is 16.9. The van der Waals surface area contributed by atoms with Gasteiger partial charge in [-0.2, -0.15) is 0 Å². The minimum atomic E-state index is -0.456. The van der Waals surface area contributed by atoms with E-state index in [1.54, 1.807) is 6.92 Å². The molecule has 3 nitrogen and oxygen atoms in total. The third-order valence-corrected chi connectivity index (χ3v) is 8.92. The second-order valence-corrected chi connectivity index (χ2v) is 9.56. The largest absolute Gasteiger partial charge is 0.357 e. The number of ether oxygens (including phenoxy) is 1. The molecule has 1 saturated heterocycles. The Hall–Kier alpha value is -0.960. The lowest BCUT2D eigenvalue weighted by Crippen LogP contribution is -2.54. The van der Waals surface area contributed by atoms with Crippen molar-refractivity contribution in [3.63, 3.8) is 0 Å². The van der Waals surface area contributed by atoms with Gasteiger partial charge >= 0.3 is 0 Å². The molecule has 0 radical (unpaired) electrons. The molecule has 0 spiro atoms. The number of epoxide rings is 1. The van der Waals surface area contributed by atoms with Gasteiger partial charge in [-0.15, -0.1) is 0 Å². The number of carbonyl (C=O) groups is 2. The normalized spacial score (nSPS) is 55.0. The highest BCUT2D eigenvalue weighted by Crippen LogP contribution is 2.73. The molecule has 24 heavy (non-hydrogen) atoms. The molecule has 1 heterocycles. The minimum absolute atomic E-state index is 0.0345. The number of fused-ring (bicyclic) bond motifs is 7. The second-order valence-electron chi connectivity index (χ2n) is 9.56. The number of allylic oxidation sites excluding steroid dienone is 1. The first-order valence-corrected chi connectivity index (χ1v) is 9.76. The van der Waals surface area contributed by atoms with E-state index in [1.807, 2.05) is 6.08 Å². The molecule has 0 aromatic carbocycles. The Bertz CT molecular complexity index is 679. The van der Waals surface area contributed by atoms with Gasteiger partial charge in [0.25, 0.3) is 0 Å². The molecule has 0 bridgehead atoms. The molecule has 0 aromatic heterocycles. The zero-order valence-corrected chi connectivity index (χ0v) is 15.1. The lowest BCUT2D eigenvalue weighted by atomic mass is 9.46. The van der Waals surface area contributed by atoms with Gasteiger partial charge in [-0.3, -0.25) is 9.59 Å². The van der Waals surface area contributed by atoms with Gasteiger partial charge in [-0.1, -0.05) is 19.4 Å². The van der Waals surface area contributed by atoms with E-state index < -0.39 is 5.60 Å². The van der Waals surface area contributed by atoms with Crippen LogP contribution in [0.25, 0.3) is 0 Å². The van der Waals surface area contributed by atoms with Crippen LogP contribution >= 0.6 is 0 Å². The maximum atomic E-state index is 12.4. The Morgan fingerprint density at radius 1 is 1.17 bits per heavy atom. The van der Waals surface area contributed by atoms with Crippen LogP contribution in [0.15, 0.2) is 11.6 Å². The summed E-state index contributed by atoms with van der Waals surface area (Å²) in [7, 11) is 0. The number of Topliss-reactive ketones (excluding diaryl/α,β-unsaturated/α-hetero) is 1. The molecular formula is C21H28O3. The molecule has 5 rings (SSSR count). The number of carbonyl (C=O) groups excluding carboxylic acids is 2.